The Bertz CT molecular complexity index is 1380. The summed E-state index contributed by atoms with van der Waals surface area (Å²) >= 11 is 9.80. The highest BCUT2D eigenvalue weighted by Gasteiger charge is 2.33. The lowest BCUT2D eigenvalue weighted by atomic mass is 10.1. The van der Waals surface area contributed by atoms with Crippen LogP contribution >= 0.6 is 27.5 Å². The molecule has 0 aromatic heterocycles. The van der Waals surface area contributed by atoms with Crippen LogP contribution in [0, 0.1) is 6.92 Å². The van der Waals surface area contributed by atoms with Gasteiger partial charge in [-0.25, -0.2) is 8.42 Å². The smallest absolute Gasteiger partial charge is 0.264 e. The van der Waals surface area contributed by atoms with E-state index in [2.05, 4.69) is 21.2 Å². The van der Waals surface area contributed by atoms with Gasteiger partial charge in [-0.15, -0.1) is 0 Å². The van der Waals surface area contributed by atoms with E-state index in [9.17, 15) is 18.0 Å². The summed E-state index contributed by atoms with van der Waals surface area (Å²) in [6.45, 7) is 5.65. The normalized spacial score (nSPS) is 12.0. The molecule has 0 aliphatic rings. The van der Waals surface area contributed by atoms with E-state index in [1.807, 2.05) is 20.8 Å². The number of hydrogen-bond donors (Lipinski definition) is 1. The molecule has 39 heavy (non-hydrogen) atoms. The second kappa shape index (κ2) is 14.0. The molecule has 1 atom stereocenters. The van der Waals surface area contributed by atoms with E-state index in [1.54, 1.807) is 60.7 Å². The molecule has 0 radical (unpaired) electrons. The van der Waals surface area contributed by atoms with Crippen LogP contribution in [0.3, 0.4) is 0 Å². The Hall–Kier alpha value is -2.88. The minimum absolute atomic E-state index is 0.0509. The number of halogens is 2. The van der Waals surface area contributed by atoms with Crippen molar-refractivity contribution in [3.63, 3.8) is 0 Å². The lowest BCUT2D eigenvalue weighted by Gasteiger charge is -2.33. The Kier molecular flexibility index (Phi) is 11.0. The van der Waals surface area contributed by atoms with E-state index in [0.717, 1.165) is 20.8 Å². The third-order valence-corrected chi connectivity index (χ3v) is 8.92. The van der Waals surface area contributed by atoms with Gasteiger partial charge in [0.25, 0.3) is 10.0 Å². The van der Waals surface area contributed by atoms with Crippen LogP contribution in [0.2, 0.25) is 5.02 Å². The number of amides is 2. The summed E-state index contributed by atoms with van der Waals surface area (Å²) in [6.07, 6.45) is 1.08. The minimum Gasteiger partial charge on any atom is -0.354 e. The number of carbonyl (C=O) groups excluding carboxylic acids is 2. The van der Waals surface area contributed by atoms with Crippen LogP contribution < -0.4 is 9.62 Å². The number of nitrogens with zero attached hydrogens (tertiary/aromatic N) is 2. The standard InChI is InChI=1S/C29H33BrClN3O4S/c1-4-18-32-29(36)27(5-2)33(19-22-8-6-7-9-26(22)31)28(35)20-34(24-14-12-23(30)13-15-24)39(37,38)25-16-10-21(3)11-17-25/h6-17,27H,4-5,18-20H2,1-3H3,(H,32,36)/t27-/m0/s1. The Morgan fingerprint density at radius 3 is 2.21 bits per heavy atom. The molecule has 208 valence electrons. The molecule has 0 aliphatic heterocycles. The Labute approximate surface area is 244 Å². The second-order valence-electron chi connectivity index (χ2n) is 9.13. The van der Waals surface area contributed by atoms with E-state index >= 15 is 0 Å². The van der Waals surface area contributed by atoms with Crippen molar-refractivity contribution in [3.05, 3.63) is 93.4 Å². The van der Waals surface area contributed by atoms with Crippen LogP contribution in [0.4, 0.5) is 5.69 Å². The van der Waals surface area contributed by atoms with Gasteiger partial charge >= 0.3 is 0 Å². The highest BCUT2D eigenvalue weighted by molar-refractivity contribution is 9.10. The topological polar surface area (TPSA) is 86.8 Å². The molecular formula is C29H33BrClN3O4S. The summed E-state index contributed by atoms with van der Waals surface area (Å²) in [4.78, 5) is 28.6. The number of sulfonamides is 1. The van der Waals surface area contributed by atoms with Crippen molar-refractivity contribution in [1.29, 1.82) is 0 Å². The maximum atomic E-state index is 14.0. The van der Waals surface area contributed by atoms with Crippen molar-refractivity contribution in [2.24, 2.45) is 0 Å². The molecule has 1 N–H and O–H groups in total. The van der Waals surface area contributed by atoms with Gasteiger partial charge in [0.2, 0.25) is 11.8 Å². The number of anilines is 1. The lowest BCUT2D eigenvalue weighted by Crippen LogP contribution is -2.52. The number of aryl methyl sites for hydroxylation is 1. The molecule has 0 bridgehead atoms. The fourth-order valence-corrected chi connectivity index (χ4v) is 5.94. The largest absolute Gasteiger partial charge is 0.354 e. The van der Waals surface area contributed by atoms with E-state index in [0.29, 0.717) is 29.2 Å². The molecule has 0 fully saturated rings. The van der Waals surface area contributed by atoms with E-state index in [-0.39, 0.29) is 17.3 Å². The zero-order chi connectivity index (χ0) is 28.6. The highest BCUT2D eigenvalue weighted by Crippen LogP contribution is 2.27. The van der Waals surface area contributed by atoms with Crippen molar-refractivity contribution in [2.75, 3.05) is 17.4 Å². The van der Waals surface area contributed by atoms with E-state index in [1.165, 1.54) is 17.0 Å². The summed E-state index contributed by atoms with van der Waals surface area (Å²) in [5.74, 6) is -0.816. The third-order valence-electron chi connectivity index (χ3n) is 6.24. The van der Waals surface area contributed by atoms with Crippen LogP contribution in [-0.2, 0) is 26.2 Å². The predicted molar refractivity (Wildman–Crippen MR) is 159 cm³/mol. The highest BCUT2D eigenvalue weighted by atomic mass is 79.9. The number of rotatable bonds is 12. The van der Waals surface area contributed by atoms with Crippen molar-refractivity contribution >= 4 is 55.1 Å². The van der Waals surface area contributed by atoms with Crippen LogP contribution in [0.25, 0.3) is 0 Å². The first kappa shape index (κ1) is 30.7. The molecule has 0 saturated carbocycles. The summed E-state index contributed by atoms with van der Waals surface area (Å²) in [5, 5.41) is 3.32. The predicted octanol–water partition coefficient (Wildman–Crippen LogP) is 5.94. The first-order chi connectivity index (χ1) is 18.6. The van der Waals surface area contributed by atoms with E-state index in [4.69, 9.17) is 11.6 Å². The van der Waals surface area contributed by atoms with Crippen molar-refractivity contribution in [1.82, 2.24) is 10.2 Å². The summed E-state index contributed by atoms with van der Waals surface area (Å²) < 4.78 is 29.6. The summed E-state index contributed by atoms with van der Waals surface area (Å²) in [5.41, 5.74) is 1.90. The minimum atomic E-state index is -4.12. The molecule has 3 rings (SSSR count). The molecule has 0 spiro atoms. The zero-order valence-corrected chi connectivity index (χ0v) is 25.4. The number of nitrogens with one attached hydrogen (secondary N) is 1. The second-order valence-corrected chi connectivity index (χ2v) is 12.3. The zero-order valence-electron chi connectivity index (χ0n) is 22.2. The number of benzene rings is 3. The van der Waals surface area contributed by atoms with Crippen LogP contribution in [-0.4, -0.2) is 44.3 Å². The Balaban J connectivity index is 2.05. The van der Waals surface area contributed by atoms with Crippen LogP contribution in [0.1, 0.15) is 37.8 Å². The van der Waals surface area contributed by atoms with Gasteiger partial charge in [-0.2, -0.15) is 0 Å². The Morgan fingerprint density at radius 2 is 1.62 bits per heavy atom. The maximum Gasteiger partial charge on any atom is 0.264 e. The fraction of sp³-hybridized carbons (Fsp3) is 0.310. The SMILES string of the molecule is CCCNC(=O)[C@H](CC)N(Cc1ccccc1Cl)C(=O)CN(c1ccc(Br)cc1)S(=O)(=O)c1ccc(C)cc1. The molecule has 3 aromatic rings. The van der Waals surface area contributed by atoms with Gasteiger partial charge in [0.05, 0.1) is 10.6 Å². The molecule has 7 nitrogen and oxygen atoms in total. The van der Waals surface area contributed by atoms with Gasteiger partial charge in [0, 0.05) is 22.6 Å². The van der Waals surface area contributed by atoms with Crippen molar-refractivity contribution in [2.45, 2.75) is 51.1 Å². The maximum absolute atomic E-state index is 14.0. The number of hydrogen-bond acceptors (Lipinski definition) is 4. The van der Waals surface area contributed by atoms with Gasteiger partial charge in [-0.1, -0.05) is 77.3 Å². The summed E-state index contributed by atoms with van der Waals surface area (Å²) in [7, 11) is -4.12. The van der Waals surface area contributed by atoms with Gasteiger partial charge in [0.1, 0.15) is 12.6 Å². The van der Waals surface area contributed by atoms with Crippen molar-refractivity contribution < 1.29 is 18.0 Å². The molecule has 0 aliphatic carbocycles. The van der Waals surface area contributed by atoms with Crippen LogP contribution in [0.15, 0.2) is 82.2 Å². The van der Waals surface area contributed by atoms with Gasteiger partial charge in [-0.3, -0.25) is 13.9 Å². The monoisotopic (exact) mass is 633 g/mol. The van der Waals surface area contributed by atoms with Gasteiger partial charge < -0.3 is 10.2 Å². The molecule has 0 heterocycles. The quantitative estimate of drug-likeness (QED) is 0.267. The van der Waals surface area contributed by atoms with Gasteiger partial charge in [0.15, 0.2) is 0 Å². The molecule has 0 saturated heterocycles. The average molecular weight is 635 g/mol. The first-order valence-electron chi connectivity index (χ1n) is 12.7. The molecular weight excluding hydrogens is 602 g/mol. The average Bonchev–Trinajstić information content (AvgIpc) is 2.92. The third kappa shape index (κ3) is 7.84. The van der Waals surface area contributed by atoms with Gasteiger partial charge in [-0.05, 0) is 67.8 Å². The molecule has 0 unspecified atom stereocenters. The number of carbonyl (C=O) groups is 2. The molecule has 10 heteroatoms. The molecule has 2 amide bonds. The van der Waals surface area contributed by atoms with Crippen LogP contribution in [0.5, 0.6) is 0 Å². The first-order valence-corrected chi connectivity index (χ1v) is 15.3. The summed E-state index contributed by atoms with van der Waals surface area (Å²) in [6, 6.07) is 19.4. The lowest BCUT2D eigenvalue weighted by molar-refractivity contribution is -0.140. The van der Waals surface area contributed by atoms with Crippen molar-refractivity contribution in [3.8, 4) is 0 Å². The molecule has 3 aromatic carbocycles. The fourth-order valence-electron chi connectivity index (χ4n) is 4.07. The Morgan fingerprint density at radius 1 is 0.974 bits per heavy atom. The van der Waals surface area contributed by atoms with E-state index < -0.39 is 28.5 Å².